The summed E-state index contributed by atoms with van der Waals surface area (Å²) in [6.45, 7) is 3.55. The van der Waals surface area contributed by atoms with Crippen LogP contribution >= 0.6 is 11.8 Å². The molecule has 0 aliphatic carbocycles. The molecule has 0 fully saturated rings. The van der Waals surface area contributed by atoms with Crippen LogP contribution in [0.1, 0.15) is 16.8 Å². The summed E-state index contributed by atoms with van der Waals surface area (Å²) < 4.78 is 16.3. The van der Waals surface area contributed by atoms with Crippen molar-refractivity contribution in [1.29, 1.82) is 0 Å². The van der Waals surface area contributed by atoms with E-state index in [1.807, 2.05) is 12.1 Å². The van der Waals surface area contributed by atoms with Crippen molar-refractivity contribution in [3.63, 3.8) is 0 Å². The molecule has 0 bridgehead atoms. The van der Waals surface area contributed by atoms with E-state index in [4.69, 9.17) is 0 Å². The topological polar surface area (TPSA) is 32.6 Å². The van der Waals surface area contributed by atoms with Crippen molar-refractivity contribution >= 4 is 22.7 Å². The van der Waals surface area contributed by atoms with Crippen LogP contribution in [0.15, 0.2) is 47.4 Å². The molecule has 0 saturated heterocycles. The van der Waals surface area contributed by atoms with E-state index in [1.165, 1.54) is 33.1 Å². The van der Waals surface area contributed by atoms with Gasteiger partial charge in [0.15, 0.2) is 0 Å². The van der Waals surface area contributed by atoms with Gasteiger partial charge in [0, 0.05) is 33.5 Å². The summed E-state index contributed by atoms with van der Waals surface area (Å²) in [7, 11) is 0. The van der Waals surface area contributed by atoms with Crippen LogP contribution in [-0.2, 0) is 13.0 Å². The number of aromatic nitrogens is 1. The highest BCUT2D eigenvalue weighted by Gasteiger charge is 2.15. The van der Waals surface area contributed by atoms with E-state index in [-0.39, 0.29) is 5.82 Å². The first kappa shape index (κ1) is 16.1. The molecule has 3 N–H and O–H groups in total. The van der Waals surface area contributed by atoms with Crippen LogP contribution < -0.4 is 5.73 Å². The second-order valence-electron chi connectivity index (χ2n) is 5.73. The van der Waals surface area contributed by atoms with Crippen LogP contribution in [0.2, 0.25) is 0 Å². The van der Waals surface area contributed by atoms with Crippen LogP contribution in [0.5, 0.6) is 0 Å². The zero-order chi connectivity index (χ0) is 16.4. The van der Waals surface area contributed by atoms with Crippen molar-refractivity contribution in [3.8, 4) is 0 Å². The minimum atomic E-state index is -0.145. The van der Waals surface area contributed by atoms with Crippen LogP contribution in [0.3, 0.4) is 0 Å². The second-order valence-corrected chi connectivity index (χ2v) is 6.61. The van der Waals surface area contributed by atoms with Gasteiger partial charge in [0.25, 0.3) is 0 Å². The SMILES string of the molecule is CSc1ccc2c(c1)c(CC[NH3+])c(C)n2Cc1ccccc1F. The quantitative estimate of drug-likeness (QED) is 0.712. The van der Waals surface area contributed by atoms with Gasteiger partial charge in [-0.05, 0) is 43.0 Å². The maximum Gasteiger partial charge on any atom is 0.128 e. The molecule has 4 heteroatoms. The number of hydrogen-bond acceptors (Lipinski definition) is 1. The van der Waals surface area contributed by atoms with E-state index in [2.05, 4.69) is 41.7 Å². The highest BCUT2D eigenvalue weighted by Crippen LogP contribution is 2.30. The smallest absolute Gasteiger partial charge is 0.128 e. The fourth-order valence-corrected chi connectivity index (χ4v) is 3.59. The molecule has 1 heterocycles. The van der Waals surface area contributed by atoms with Crippen molar-refractivity contribution in [2.75, 3.05) is 12.8 Å². The Morgan fingerprint density at radius 3 is 2.65 bits per heavy atom. The van der Waals surface area contributed by atoms with Gasteiger partial charge in [-0.1, -0.05) is 18.2 Å². The minimum Gasteiger partial charge on any atom is -0.357 e. The number of quaternary nitrogens is 1. The van der Waals surface area contributed by atoms with Gasteiger partial charge >= 0.3 is 0 Å². The summed E-state index contributed by atoms with van der Waals surface area (Å²) in [4.78, 5) is 1.26. The molecule has 0 aliphatic heterocycles. The molecule has 3 rings (SSSR count). The van der Waals surface area contributed by atoms with E-state index in [9.17, 15) is 4.39 Å². The Hall–Kier alpha value is -1.78. The summed E-state index contributed by atoms with van der Waals surface area (Å²) in [5.41, 5.74) is 8.45. The zero-order valence-electron chi connectivity index (χ0n) is 13.6. The number of fused-ring (bicyclic) bond motifs is 1. The molecule has 0 unspecified atom stereocenters. The van der Waals surface area contributed by atoms with E-state index in [0.29, 0.717) is 6.54 Å². The molecule has 120 valence electrons. The summed E-state index contributed by atoms with van der Waals surface area (Å²) in [6.07, 6.45) is 3.04. The third kappa shape index (κ3) is 3.01. The molecule has 3 aromatic rings. The monoisotopic (exact) mass is 329 g/mol. The van der Waals surface area contributed by atoms with Crippen LogP contribution in [0, 0.1) is 12.7 Å². The standard InChI is InChI=1S/C19H21FN2S/c1-13-16(9-10-21)17-11-15(23-2)7-8-19(17)22(13)12-14-5-3-4-6-18(14)20/h3-8,11H,9-10,12,21H2,1-2H3/p+1. The molecule has 0 aliphatic rings. The van der Waals surface area contributed by atoms with Gasteiger partial charge in [0.05, 0.1) is 13.1 Å². The van der Waals surface area contributed by atoms with Gasteiger partial charge in [-0.15, -0.1) is 11.8 Å². The van der Waals surface area contributed by atoms with Gasteiger partial charge in [0.2, 0.25) is 0 Å². The Morgan fingerprint density at radius 2 is 1.96 bits per heavy atom. The Morgan fingerprint density at radius 1 is 1.17 bits per heavy atom. The van der Waals surface area contributed by atoms with Crippen molar-refractivity contribution in [2.24, 2.45) is 0 Å². The lowest BCUT2D eigenvalue weighted by molar-refractivity contribution is -0.366. The molecule has 1 aromatic heterocycles. The van der Waals surface area contributed by atoms with E-state index in [1.54, 1.807) is 17.8 Å². The van der Waals surface area contributed by atoms with Crippen molar-refractivity contribution in [1.82, 2.24) is 4.57 Å². The first-order valence-electron chi connectivity index (χ1n) is 7.84. The molecule has 2 aromatic carbocycles. The van der Waals surface area contributed by atoms with Crippen molar-refractivity contribution < 1.29 is 10.1 Å². The lowest BCUT2D eigenvalue weighted by Crippen LogP contribution is -2.51. The Balaban J connectivity index is 2.16. The summed E-state index contributed by atoms with van der Waals surface area (Å²) in [6, 6.07) is 13.5. The minimum absolute atomic E-state index is 0.145. The molecule has 23 heavy (non-hydrogen) atoms. The molecule has 0 amide bonds. The highest BCUT2D eigenvalue weighted by atomic mass is 32.2. The Bertz CT molecular complexity index is 839. The number of nitrogens with zero attached hydrogens (tertiary/aromatic N) is 1. The predicted molar refractivity (Wildman–Crippen MR) is 95.4 cm³/mol. The third-order valence-electron chi connectivity index (χ3n) is 4.37. The Labute approximate surface area is 140 Å². The average Bonchev–Trinajstić information content (AvgIpc) is 2.82. The number of hydrogen-bond donors (Lipinski definition) is 1. The fourth-order valence-electron chi connectivity index (χ4n) is 3.15. The predicted octanol–water partition coefficient (Wildman–Crippen LogP) is 3.64. The summed E-state index contributed by atoms with van der Waals surface area (Å²) in [5, 5.41) is 1.27. The lowest BCUT2D eigenvalue weighted by Gasteiger charge is -2.10. The van der Waals surface area contributed by atoms with Crippen molar-refractivity contribution in [3.05, 3.63) is 65.1 Å². The largest absolute Gasteiger partial charge is 0.357 e. The van der Waals surface area contributed by atoms with Gasteiger partial charge in [-0.3, -0.25) is 0 Å². The number of halogens is 1. The van der Waals surface area contributed by atoms with Gasteiger partial charge in [-0.2, -0.15) is 0 Å². The summed E-state index contributed by atoms with van der Waals surface area (Å²) in [5.74, 6) is -0.145. The molecule has 2 nitrogen and oxygen atoms in total. The highest BCUT2D eigenvalue weighted by molar-refractivity contribution is 7.98. The van der Waals surface area contributed by atoms with Gasteiger partial charge in [-0.25, -0.2) is 4.39 Å². The third-order valence-corrected chi connectivity index (χ3v) is 5.10. The lowest BCUT2D eigenvalue weighted by atomic mass is 10.1. The maximum atomic E-state index is 14.1. The van der Waals surface area contributed by atoms with Crippen molar-refractivity contribution in [2.45, 2.75) is 24.8 Å². The maximum absolute atomic E-state index is 14.1. The number of benzene rings is 2. The van der Waals surface area contributed by atoms with Gasteiger partial charge < -0.3 is 10.3 Å². The molecule has 0 radical (unpaired) electrons. The summed E-state index contributed by atoms with van der Waals surface area (Å²) >= 11 is 1.75. The number of thioether (sulfide) groups is 1. The molecular formula is C19H22FN2S+. The van der Waals surface area contributed by atoms with E-state index >= 15 is 0 Å². The van der Waals surface area contributed by atoms with Gasteiger partial charge in [0.1, 0.15) is 5.82 Å². The average molecular weight is 329 g/mol. The second kappa shape index (κ2) is 6.77. The van der Waals surface area contributed by atoms with E-state index < -0.39 is 0 Å². The Kier molecular flexibility index (Phi) is 4.74. The first-order valence-corrected chi connectivity index (χ1v) is 9.06. The molecule has 0 saturated carbocycles. The fraction of sp³-hybridized carbons (Fsp3) is 0.263. The van der Waals surface area contributed by atoms with Crippen LogP contribution in [-0.4, -0.2) is 17.4 Å². The number of rotatable bonds is 5. The first-order chi connectivity index (χ1) is 11.2. The molecular weight excluding hydrogens is 307 g/mol. The molecule has 0 spiro atoms. The van der Waals surface area contributed by atoms with Crippen LogP contribution in [0.4, 0.5) is 4.39 Å². The van der Waals surface area contributed by atoms with Crippen LogP contribution in [0.25, 0.3) is 10.9 Å². The zero-order valence-corrected chi connectivity index (χ0v) is 14.4. The molecule has 0 atom stereocenters. The normalized spacial score (nSPS) is 11.3. The van der Waals surface area contributed by atoms with E-state index in [0.717, 1.165) is 18.5 Å².